The fraction of sp³-hybridized carbons (Fsp3) is 0.267. The van der Waals surface area contributed by atoms with Crippen LogP contribution in [0.2, 0.25) is 5.02 Å². The van der Waals surface area contributed by atoms with Crippen molar-refractivity contribution in [1.29, 1.82) is 0 Å². The number of carboxylic acid groups (broad SMARTS) is 1. The number of carboxylic acids is 1. The molecule has 0 spiro atoms. The standard InChI is InChI=1S/C15H15ClFN3O3/c1-9(20-6-2-5-18-20)15(23)19-13(8-14(21)22)10-3-4-11(16)12(17)7-10/h2-7,9,13H,8H2,1H3,(H,19,23)(H,21,22)/t9-,13+/m0/s1. The van der Waals surface area contributed by atoms with E-state index in [1.807, 2.05) is 0 Å². The van der Waals surface area contributed by atoms with Gasteiger partial charge in [-0.05, 0) is 30.7 Å². The molecule has 0 unspecified atom stereocenters. The van der Waals surface area contributed by atoms with Gasteiger partial charge in [0.15, 0.2) is 0 Å². The van der Waals surface area contributed by atoms with Gasteiger partial charge in [0, 0.05) is 12.4 Å². The average Bonchev–Trinajstić information content (AvgIpc) is 3.02. The molecule has 23 heavy (non-hydrogen) atoms. The van der Waals surface area contributed by atoms with Crippen molar-refractivity contribution in [2.45, 2.75) is 25.4 Å². The monoisotopic (exact) mass is 339 g/mol. The molecule has 0 fully saturated rings. The Morgan fingerprint density at radius 3 is 2.78 bits per heavy atom. The zero-order valence-corrected chi connectivity index (χ0v) is 13.0. The van der Waals surface area contributed by atoms with E-state index in [1.54, 1.807) is 19.2 Å². The van der Waals surface area contributed by atoms with Crippen molar-refractivity contribution in [3.8, 4) is 0 Å². The maximum absolute atomic E-state index is 13.6. The fourth-order valence-corrected chi connectivity index (χ4v) is 2.20. The molecule has 8 heteroatoms. The minimum atomic E-state index is -1.11. The quantitative estimate of drug-likeness (QED) is 0.847. The topological polar surface area (TPSA) is 84.2 Å². The number of halogens is 2. The molecule has 2 atom stereocenters. The van der Waals surface area contributed by atoms with Crippen molar-refractivity contribution < 1.29 is 19.1 Å². The van der Waals surface area contributed by atoms with Crippen LogP contribution in [-0.4, -0.2) is 26.8 Å². The minimum Gasteiger partial charge on any atom is -0.481 e. The lowest BCUT2D eigenvalue weighted by molar-refractivity contribution is -0.137. The van der Waals surface area contributed by atoms with Gasteiger partial charge in [-0.3, -0.25) is 14.3 Å². The van der Waals surface area contributed by atoms with Gasteiger partial charge in [0.2, 0.25) is 5.91 Å². The molecule has 0 aliphatic rings. The Balaban J connectivity index is 2.19. The molecule has 1 aromatic carbocycles. The first-order chi connectivity index (χ1) is 10.9. The lowest BCUT2D eigenvalue weighted by atomic mass is 10.0. The van der Waals surface area contributed by atoms with Crippen LogP contribution >= 0.6 is 11.6 Å². The number of aliphatic carboxylic acids is 1. The van der Waals surface area contributed by atoms with Crippen LogP contribution in [0.4, 0.5) is 4.39 Å². The Morgan fingerprint density at radius 2 is 2.22 bits per heavy atom. The number of amides is 1. The Labute approximate surface area is 136 Å². The summed E-state index contributed by atoms with van der Waals surface area (Å²) in [4.78, 5) is 23.3. The third-order valence-corrected chi connectivity index (χ3v) is 3.65. The zero-order valence-electron chi connectivity index (χ0n) is 12.2. The van der Waals surface area contributed by atoms with Gasteiger partial charge in [0.05, 0.1) is 17.5 Å². The smallest absolute Gasteiger partial charge is 0.305 e. The van der Waals surface area contributed by atoms with E-state index < -0.39 is 29.8 Å². The van der Waals surface area contributed by atoms with Gasteiger partial charge in [0.1, 0.15) is 11.9 Å². The lowest BCUT2D eigenvalue weighted by Gasteiger charge is -2.20. The number of benzene rings is 1. The summed E-state index contributed by atoms with van der Waals surface area (Å²) >= 11 is 5.62. The number of hydrogen-bond acceptors (Lipinski definition) is 3. The second-order valence-corrected chi connectivity index (χ2v) is 5.40. The average molecular weight is 340 g/mol. The van der Waals surface area contributed by atoms with Gasteiger partial charge in [-0.2, -0.15) is 5.10 Å². The van der Waals surface area contributed by atoms with Crippen molar-refractivity contribution >= 4 is 23.5 Å². The summed E-state index contributed by atoms with van der Waals surface area (Å²) in [5.41, 5.74) is 0.329. The molecule has 0 saturated carbocycles. The van der Waals surface area contributed by atoms with Gasteiger partial charge < -0.3 is 10.4 Å². The van der Waals surface area contributed by atoms with Crippen molar-refractivity contribution in [3.63, 3.8) is 0 Å². The Hall–Kier alpha value is -2.41. The van der Waals surface area contributed by atoms with Crippen LogP contribution in [-0.2, 0) is 9.59 Å². The number of nitrogens with zero attached hydrogens (tertiary/aromatic N) is 2. The minimum absolute atomic E-state index is 0.0703. The number of aromatic nitrogens is 2. The molecule has 6 nitrogen and oxygen atoms in total. The van der Waals surface area contributed by atoms with Gasteiger partial charge in [0.25, 0.3) is 0 Å². The molecule has 1 amide bonds. The maximum Gasteiger partial charge on any atom is 0.305 e. The van der Waals surface area contributed by atoms with E-state index in [2.05, 4.69) is 10.4 Å². The fourth-order valence-electron chi connectivity index (χ4n) is 2.08. The number of carbonyl (C=O) groups is 2. The molecule has 1 heterocycles. The van der Waals surface area contributed by atoms with E-state index in [0.29, 0.717) is 5.56 Å². The molecule has 1 aromatic heterocycles. The summed E-state index contributed by atoms with van der Waals surface area (Å²) in [6, 6.07) is 4.10. The van der Waals surface area contributed by atoms with E-state index >= 15 is 0 Å². The normalized spacial score (nSPS) is 13.3. The summed E-state index contributed by atoms with van der Waals surface area (Å²) in [6.45, 7) is 1.63. The highest BCUT2D eigenvalue weighted by Crippen LogP contribution is 2.23. The first-order valence-electron chi connectivity index (χ1n) is 6.84. The van der Waals surface area contributed by atoms with E-state index in [0.717, 1.165) is 6.07 Å². The van der Waals surface area contributed by atoms with Crippen LogP contribution in [0.3, 0.4) is 0 Å². The number of nitrogens with one attached hydrogen (secondary N) is 1. The molecule has 122 valence electrons. The van der Waals surface area contributed by atoms with Crippen LogP contribution in [0.5, 0.6) is 0 Å². The predicted octanol–water partition coefficient (Wildman–Crippen LogP) is 2.57. The van der Waals surface area contributed by atoms with E-state index in [4.69, 9.17) is 16.7 Å². The molecule has 2 N–H and O–H groups in total. The maximum atomic E-state index is 13.6. The molecule has 2 aromatic rings. The highest BCUT2D eigenvalue weighted by Gasteiger charge is 2.23. The lowest BCUT2D eigenvalue weighted by Crippen LogP contribution is -2.35. The van der Waals surface area contributed by atoms with Crippen LogP contribution < -0.4 is 5.32 Å². The molecule has 2 rings (SSSR count). The van der Waals surface area contributed by atoms with E-state index in [-0.39, 0.29) is 11.4 Å². The Kier molecular flexibility index (Phi) is 5.33. The molecule has 0 saturated heterocycles. The van der Waals surface area contributed by atoms with Crippen molar-refractivity contribution in [1.82, 2.24) is 15.1 Å². The van der Waals surface area contributed by atoms with Crippen LogP contribution in [0.25, 0.3) is 0 Å². The number of carbonyl (C=O) groups excluding carboxylic acids is 1. The van der Waals surface area contributed by atoms with E-state index in [9.17, 15) is 14.0 Å². The highest BCUT2D eigenvalue weighted by atomic mass is 35.5. The largest absolute Gasteiger partial charge is 0.481 e. The highest BCUT2D eigenvalue weighted by molar-refractivity contribution is 6.30. The van der Waals surface area contributed by atoms with E-state index in [1.165, 1.54) is 23.0 Å². The Morgan fingerprint density at radius 1 is 1.48 bits per heavy atom. The van der Waals surface area contributed by atoms with Crippen LogP contribution in [0.15, 0.2) is 36.7 Å². The molecule has 0 aliphatic carbocycles. The first-order valence-corrected chi connectivity index (χ1v) is 7.22. The molecule has 0 aliphatic heterocycles. The van der Waals surface area contributed by atoms with Crippen molar-refractivity contribution in [3.05, 3.63) is 53.1 Å². The molecule has 0 bridgehead atoms. The SMILES string of the molecule is C[C@@H](C(=O)N[C@H](CC(=O)O)c1ccc(Cl)c(F)c1)n1cccn1. The third-order valence-electron chi connectivity index (χ3n) is 3.34. The number of hydrogen-bond donors (Lipinski definition) is 2. The Bertz CT molecular complexity index is 706. The zero-order chi connectivity index (χ0) is 17.0. The van der Waals surface area contributed by atoms with Gasteiger partial charge in [-0.1, -0.05) is 17.7 Å². The summed E-state index contributed by atoms with van der Waals surface area (Å²) in [7, 11) is 0. The first kappa shape index (κ1) is 17.0. The van der Waals surface area contributed by atoms with Crippen molar-refractivity contribution in [2.24, 2.45) is 0 Å². The number of rotatable bonds is 6. The second kappa shape index (κ2) is 7.23. The molecule has 0 radical (unpaired) electrons. The second-order valence-electron chi connectivity index (χ2n) is 4.99. The summed E-state index contributed by atoms with van der Waals surface area (Å²) < 4.78 is 15.0. The predicted molar refractivity (Wildman–Crippen MR) is 81.5 cm³/mol. The van der Waals surface area contributed by atoms with Gasteiger partial charge in [-0.25, -0.2) is 4.39 Å². The molecular formula is C15H15ClFN3O3. The summed E-state index contributed by atoms with van der Waals surface area (Å²) in [6.07, 6.45) is 2.78. The summed E-state index contributed by atoms with van der Waals surface area (Å²) in [5, 5.41) is 15.5. The van der Waals surface area contributed by atoms with Crippen LogP contribution in [0, 0.1) is 5.82 Å². The van der Waals surface area contributed by atoms with Gasteiger partial charge >= 0.3 is 5.97 Å². The van der Waals surface area contributed by atoms with Gasteiger partial charge in [-0.15, -0.1) is 0 Å². The van der Waals surface area contributed by atoms with Crippen LogP contribution in [0.1, 0.15) is 31.0 Å². The summed E-state index contributed by atoms with van der Waals surface area (Å²) in [5.74, 6) is -2.21. The van der Waals surface area contributed by atoms with Crippen molar-refractivity contribution in [2.75, 3.05) is 0 Å². The third kappa shape index (κ3) is 4.29. The molecular weight excluding hydrogens is 325 g/mol.